The molecule has 130 valence electrons. The summed E-state index contributed by atoms with van der Waals surface area (Å²) in [5, 5.41) is 3.93. The predicted octanol–water partition coefficient (Wildman–Crippen LogP) is 4.38. The second-order valence-electron chi connectivity index (χ2n) is 7.61. The predicted molar refractivity (Wildman–Crippen MR) is 98.1 cm³/mol. The minimum absolute atomic E-state index is 0.0369. The number of hydrogen-bond donors (Lipinski definition) is 1. The summed E-state index contributed by atoms with van der Waals surface area (Å²) in [7, 11) is 0. The molecule has 0 aliphatic heterocycles. The van der Waals surface area contributed by atoms with Crippen molar-refractivity contribution in [1.29, 1.82) is 0 Å². The van der Waals surface area contributed by atoms with E-state index in [-0.39, 0.29) is 29.0 Å². The quantitative estimate of drug-likeness (QED) is 0.652. The van der Waals surface area contributed by atoms with Crippen LogP contribution in [0.2, 0.25) is 0 Å². The first-order valence-electron chi connectivity index (χ1n) is 8.53. The van der Waals surface area contributed by atoms with Crippen LogP contribution in [0.3, 0.4) is 0 Å². The fourth-order valence-corrected chi connectivity index (χ4v) is 2.92. The van der Waals surface area contributed by atoms with E-state index in [1.165, 1.54) is 29.5 Å². The molecule has 2 aromatic carbocycles. The van der Waals surface area contributed by atoms with E-state index in [0.717, 1.165) is 6.42 Å². The van der Waals surface area contributed by atoms with Crippen molar-refractivity contribution in [3.63, 3.8) is 0 Å². The molecule has 3 rings (SSSR count). The Morgan fingerprint density at radius 3 is 2.56 bits per heavy atom. The van der Waals surface area contributed by atoms with Crippen LogP contribution < -0.4 is 5.43 Å². The van der Waals surface area contributed by atoms with Crippen LogP contribution >= 0.6 is 0 Å². The SMILES string of the molecule is CC(C)(C)c1ccc([C@@H]2C[C@@H]2C(=O)N/N=C\c2cccc(F)c2)cc1. The molecule has 2 atom stereocenters. The fourth-order valence-electron chi connectivity index (χ4n) is 2.92. The summed E-state index contributed by atoms with van der Waals surface area (Å²) >= 11 is 0. The maximum Gasteiger partial charge on any atom is 0.243 e. The molecule has 0 spiro atoms. The van der Waals surface area contributed by atoms with Crippen molar-refractivity contribution in [1.82, 2.24) is 5.43 Å². The van der Waals surface area contributed by atoms with Crippen molar-refractivity contribution in [2.75, 3.05) is 0 Å². The van der Waals surface area contributed by atoms with Crippen LogP contribution in [0.4, 0.5) is 4.39 Å². The Morgan fingerprint density at radius 1 is 1.20 bits per heavy atom. The van der Waals surface area contributed by atoms with Crippen molar-refractivity contribution in [2.24, 2.45) is 11.0 Å². The first-order valence-corrected chi connectivity index (χ1v) is 8.53. The summed E-state index contributed by atoms with van der Waals surface area (Å²) in [6, 6.07) is 14.6. The number of hydrogen-bond acceptors (Lipinski definition) is 2. The highest BCUT2D eigenvalue weighted by Crippen LogP contribution is 2.47. The summed E-state index contributed by atoms with van der Waals surface area (Å²) in [5.41, 5.74) is 5.79. The average Bonchev–Trinajstić information content (AvgIpc) is 3.35. The number of benzene rings is 2. The smallest absolute Gasteiger partial charge is 0.243 e. The van der Waals surface area contributed by atoms with Gasteiger partial charge in [-0.25, -0.2) is 9.82 Å². The van der Waals surface area contributed by atoms with Gasteiger partial charge in [-0.05, 0) is 46.6 Å². The van der Waals surface area contributed by atoms with Crippen LogP contribution in [-0.4, -0.2) is 12.1 Å². The second kappa shape index (κ2) is 6.79. The number of nitrogens with zero attached hydrogens (tertiary/aromatic N) is 1. The summed E-state index contributed by atoms with van der Waals surface area (Å²) in [4.78, 5) is 12.2. The Balaban J connectivity index is 1.55. The standard InChI is InChI=1S/C21H23FN2O/c1-21(2,3)16-9-7-15(8-10-16)18-12-19(18)20(25)24-23-13-14-5-4-6-17(22)11-14/h4-11,13,18-19H,12H2,1-3H3,(H,24,25)/b23-13-/t18-,19-/m0/s1. The van der Waals surface area contributed by atoms with E-state index in [1.807, 2.05) is 0 Å². The molecule has 0 unspecified atom stereocenters. The van der Waals surface area contributed by atoms with Gasteiger partial charge >= 0.3 is 0 Å². The van der Waals surface area contributed by atoms with Crippen LogP contribution in [-0.2, 0) is 10.2 Å². The molecule has 1 N–H and O–H groups in total. The summed E-state index contributed by atoms with van der Waals surface area (Å²) in [5.74, 6) is -0.183. The van der Waals surface area contributed by atoms with Gasteiger partial charge in [0, 0.05) is 5.92 Å². The van der Waals surface area contributed by atoms with Crippen LogP contribution in [0.5, 0.6) is 0 Å². The molecule has 0 radical (unpaired) electrons. The molecule has 1 amide bonds. The van der Waals surface area contributed by atoms with Gasteiger partial charge in [-0.3, -0.25) is 4.79 Å². The second-order valence-corrected chi connectivity index (χ2v) is 7.61. The monoisotopic (exact) mass is 338 g/mol. The van der Waals surface area contributed by atoms with Crippen molar-refractivity contribution < 1.29 is 9.18 Å². The first-order chi connectivity index (χ1) is 11.8. The Kier molecular flexibility index (Phi) is 4.71. The zero-order valence-electron chi connectivity index (χ0n) is 14.8. The lowest BCUT2D eigenvalue weighted by atomic mass is 9.86. The molecule has 3 nitrogen and oxygen atoms in total. The molecule has 1 aliphatic rings. The van der Waals surface area contributed by atoms with Gasteiger partial charge in [-0.1, -0.05) is 57.2 Å². The normalized spacial score (nSPS) is 19.8. The van der Waals surface area contributed by atoms with E-state index in [4.69, 9.17) is 0 Å². The number of nitrogens with one attached hydrogen (secondary N) is 1. The van der Waals surface area contributed by atoms with Crippen LogP contribution in [0.25, 0.3) is 0 Å². The molecule has 0 aromatic heterocycles. The minimum atomic E-state index is -0.323. The van der Waals surface area contributed by atoms with E-state index in [9.17, 15) is 9.18 Å². The summed E-state index contributed by atoms with van der Waals surface area (Å²) in [6.07, 6.45) is 2.30. The van der Waals surface area contributed by atoms with Gasteiger partial charge in [0.25, 0.3) is 0 Å². The van der Waals surface area contributed by atoms with Crippen molar-refractivity contribution in [2.45, 2.75) is 38.5 Å². The molecule has 25 heavy (non-hydrogen) atoms. The number of carbonyl (C=O) groups is 1. The fraction of sp³-hybridized carbons (Fsp3) is 0.333. The van der Waals surface area contributed by atoms with Gasteiger partial charge in [0.2, 0.25) is 5.91 Å². The molecular weight excluding hydrogens is 315 g/mol. The molecule has 0 saturated heterocycles. The molecule has 0 heterocycles. The van der Waals surface area contributed by atoms with E-state index >= 15 is 0 Å². The highest BCUT2D eigenvalue weighted by Gasteiger charge is 2.43. The zero-order valence-corrected chi connectivity index (χ0v) is 14.8. The number of rotatable bonds is 4. The largest absolute Gasteiger partial charge is 0.273 e. The maximum atomic E-state index is 13.1. The van der Waals surface area contributed by atoms with Crippen molar-refractivity contribution >= 4 is 12.1 Å². The summed E-state index contributed by atoms with van der Waals surface area (Å²) in [6.45, 7) is 6.56. The number of halogens is 1. The van der Waals surface area contributed by atoms with E-state index < -0.39 is 0 Å². The number of amides is 1. The molecule has 0 bridgehead atoms. The molecule has 1 aliphatic carbocycles. The van der Waals surface area contributed by atoms with E-state index in [1.54, 1.807) is 12.1 Å². The molecule has 1 fully saturated rings. The van der Waals surface area contributed by atoms with Gasteiger partial charge in [0.1, 0.15) is 5.82 Å². The first kappa shape index (κ1) is 17.3. The Morgan fingerprint density at radius 2 is 1.92 bits per heavy atom. The van der Waals surface area contributed by atoms with Gasteiger partial charge in [0.15, 0.2) is 0 Å². The van der Waals surface area contributed by atoms with Gasteiger partial charge in [0.05, 0.1) is 6.21 Å². The Labute approximate surface area is 148 Å². The number of hydrazone groups is 1. The summed E-state index contributed by atoms with van der Waals surface area (Å²) < 4.78 is 13.1. The molecule has 1 saturated carbocycles. The van der Waals surface area contributed by atoms with Crippen LogP contribution in [0.1, 0.15) is 49.8 Å². The van der Waals surface area contributed by atoms with Crippen molar-refractivity contribution in [3.05, 3.63) is 71.0 Å². The maximum absolute atomic E-state index is 13.1. The van der Waals surface area contributed by atoms with E-state index in [0.29, 0.717) is 5.56 Å². The number of carbonyl (C=O) groups excluding carboxylic acids is 1. The van der Waals surface area contributed by atoms with E-state index in [2.05, 4.69) is 55.6 Å². The minimum Gasteiger partial charge on any atom is -0.273 e. The van der Waals surface area contributed by atoms with Gasteiger partial charge < -0.3 is 0 Å². The van der Waals surface area contributed by atoms with Crippen LogP contribution in [0, 0.1) is 11.7 Å². The third kappa shape index (κ3) is 4.32. The third-order valence-electron chi connectivity index (χ3n) is 4.57. The highest BCUT2D eigenvalue weighted by atomic mass is 19.1. The van der Waals surface area contributed by atoms with Gasteiger partial charge in [-0.2, -0.15) is 5.10 Å². The molecule has 2 aromatic rings. The lowest BCUT2D eigenvalue weighted by Gasteiger charge is -2.19. The Hall–Kier alpha value is -2.49. The molecule has 4 heteroatoms. The highest BCUT2D eigenvalue weighted by molar-refractivity contribution is 5.85. The third-order valence-corrected chi connectivity index (χ3v) is 4.57. The Bertz CT molecular complexity index is 790. The van der Waals surface area contributed by atoms with Crippen molar-refractivity contribution in [3.8, 4) is 0 Å². The van der Waals surface area contributed by atoms with Crippen LogP contribution in [0.15, 0.2) is 53.6 Å². The zero-order chi connectivity index (χ0) is 18.0. The lowest BCUT2D eigenvalue weighted by Crippen LogP contribution is -2.20. The lowest BCUT2D eigenvalue weighted by molar-refractivity contribution is -0.122. The molecular formula is C21H23FN2O. The average molecular weight is 338 g/mol. The topological polar surface area (TPSA) is 41.5 Å². The van der Waals surface area contributed by atoms with Gasteiger partial charge in [-0.15, -0.1) is 0 Å².